The van der Waals surface area contributed by atoms with Gasteiger partial charge < -0.3 is 15.3 Å². The zero-order valence-corrected chi connectivity index (χ0v) is 11.0. The molecule has 2 amide bonds. The van der Waals surface area contributed by atoms with Crippen molar-refractivity contribution >= 4 is 12.0 Å². The van der Waals surface area contributed by atoms with Gasteiger partial charge in [-0.05, 0) is 25.2 Å². The monoisotopic (exact) mass is 294 g/mol. The minimum Gasteiger partial charge on any atom is -0.481 e. The molecule has 2 aliphatic rings. The largest absolute Gasteiger partial charge is 0.481 e. The number of carboxylic acid groups (broad SMARTS) is 1. The molecule has 1 saturated heterocycles. The summed E-state index contributed by atoms with van der Waals surface area (Å²) >= 11 is 0. The van der Waals surface area contributed by atoms with Crippen molar-refractivity contribution in [1.82, 2.24) is 10.2 Å². The summed E-state index contributed by atoms with van der Waals surface area (Å²) < 4.78 is 38.9. The third-order valence-electron chi connectivity index (χ3n) is 4.21. The molecule has 1 atom stereocenters. The molecule has 2 fully saturated rings. The summed E-state index contributed by atoms with van der Waals surface area (Å²) in [4.78, 5) is 23.8. The van der Waals surface area contributed by atoms with Gasteiger partial charge in [-0.25, -0.2) is 4.79 Å². The lowest BCUT2D eigenvalue weighted by molar-refractivity contribution is -0.226. The predicted octanol–water partition coefficient (Wildman–Crippen LogP) is 1.83. The smallest absolute Gasteiger partial charge is 0.406 e. The Morgan fingerprint density at radius 1 is 1.35 bits per heavy atom. The standard InChI is InChI=1S/C12H17F3N2O3/c1-7-4-8(5-7)16-10(20)17-3-2-11(6-17,9(18)19)12(13,14)15/h7-8H,2-6H2,1H3,(H,16,20)(H,18,19). The maximum Gasteiger partial charge on any atom is 0.406 e. The van der Waals surface area contributed by atoms with Crippen LogP contribution in [0.15, 0.2) is 0 Å². The first-order chi connectivity index (χ1) is 9.15. The van der Waals surface area contributed by atoms with Gasteiger partial charge in [0.05, 0.1) is 0 Å². The van der Waals surface area contributed by atoms with E-state index in [-0.39, 0.29) is 12.6 Å². The van der Waals surface area contributed by atoms with E-state index in [1.807, 2.05) is 6.92 Å². The molecule has 1 saturated carbocycles. The molecular formula is C12H17F3N2O3. The third kappa shape index (κ3) is 2.43. The number of urea groups is 1. The van der Waals surface area contributed by atoms with Crippen LogP contribution in [0, 0.1) is 11.3 Å². The Labute approximate surface area is 114 Å². The topological polar surface area (TPSA) is 69.6 Å². The van der Waals surface area contributed by atoms with Crippen LogP contribution in [-0.4, -0.2) is 47.3 Å². The van der Waals surface area contributed by atoms with Crippen molar-refractivity contribution in [3.8, 4) is 0 Å². The van der Waals surface area contributed by atoms with E-state index in [0.29, 0.717) is 5.92 Å². The van der Waals surface area contributed by atoms with Gasteiger partial charge in [0.1, 0.15) is 0 Å². The third-order valence-corrected chi connectivity index (χ3v) is 4.21. The fraction of sp³-hybridized carbons (Fsp3) is 0.833. The molecule has 0 spiro atoms. The second-order valence-corrected chi connectivity index (χ2v) is 5.78. The number of carbonyl (C=O) groups excluding carboxylic acids is 1. The van der Waals surface area contributed by atoms with E-state index >= 15 is 0 Å². The summed E-state index contributed by atoms with van der Waals surface area (Å²) in [5, 5.41) is 11.5. The number of carbonyl (C=O) groups is 2. The van der Waals surface area contributed by atoms with E-state index in [1.165, 1.54) is 0 Å². The van der Waals surface area contributed by atoms with Gasteiger partial charge in [0.15, 0.2) is 5.41 Å². The van der Waals surface area contributed by atoms with E-state index in [1.54, 1.807) is 0 Å². The van der Waals surface area contributed by atoms with Crippen molar-refractivity contribution in [1.29, 1.82) is 0 Å². The van der Waals surface area contributed by atoms with E-state index in [0.717, 1.165) is 17.7 Å². The molecule has 114 valence electrons. The number of amides is 2. The molecule has 0 aromatic rings. The van der Waals surface area contributed by atoms with Gasteiger partial charge in [0.25, 0.3) is 0 Å². The minimum absolute atomic E-state index is 0.0109. The highest BCUT2D eigenvalue weighted by Gasteiger charge is 2.64. The summed E-state index contributed by atoms with van der Waals surface area (Å²) in [5.74, 6) is -1.41. The summed E-state index contributed by atoms with van der Waals surface area (Å²) in [6.45, 7) is 1.01. The van der Waals surface area contributed by atoms with Crippen molar-refractivity contribution in [3.63, 3.8) is 0 Å². The van der Waals surface area contributed by atoms with Crippen LogP contribution in [0.2, 0.25) is 0 Å². The van der Waals surface area contributed by atoms with Gasteiger partial charge in [0.2, 0.25) is 0 Å². The van der Waals surface area contributed by atoms with Gasteiger partial charge in [-0.1, -0.05) is 6.92 Å². The molecule has 20 heavy (non-hydrogen) atoms. The summed E-state index contributed by atoms with van der Waals surface area (Å²) in [5.41, 5.74) is -2.84. The van der Waals surface area contributed by atoms with Crippen LogP contribution in [0.4, 0.5) is 18.0 Å². The minimum atomic E-state index is -4.86. The molecule has 2 rings (SSSR count). The Balaban J connectivity index is 2.00. The van der Waals surface area contributed by atoms with Crippen LogP contribution < -0.4 is 5.32 Å². The molecule has 0 bridgehead atoms. The molecule has 0 radical (unpaired) electrons. The molecule has 0 aromatic heterocycles. The first-order valence-electron chi connectivity index (χ1n) is 6.51. The van der Waals surface area contributed by atoms with E-state index in [9.17, 15) is 22.8 Å². The van der Waals surface area contributed by atoms with Gasteiger partial charge in [-0.15, -0.1) is 0 Å². The zero-order valence-electron chi connectivity index (χ0n) is 11.0. The van der Waals surface area contributed by atoms with Crippen LogP contribution in [-0.2, 0) is 4.79 Å². The highest BCUT2D eigenvalue weighted by molar-refractivity contribution is 5.80. The normalized spacial score (nSPS) is 33.7. The SMILES string of the molecule is CC1CC(NC(=O)N2CCC(C(=O)O)(C(F)(F)F)C2)C1. The number of halogens is 3. The molecule has 5 nitrogen and oxygen atoms in total. The van der Waals surface area contributed by atoms with Gasteiger partial charge >= 0.3 is 18.2 Å². The lowest BCUT2D eigenvalue weighted by Crippen LogP contribution is -2.51. The first-order valence-corrected chi connectivity index (χ1v) is 6.51. The lowest BCUT2D eigenvalue weighted by Gasteiger charge is -2.34. The maximum absolute atomic E-state index is 13.0. The molecule has 1 unspecified atom stereocenters. The van der Waals surface area contributed by atoms with Crippen molar-refractivity contribution in [2.24, 2.45) is 11.3 Å². The number of aliphatic carboxylic acids is 1. The van der Waals surface area contributed by atoms with Crippen LogP contribution in [0.25, 0.3) is 0 Å². The fourth-order valence-electron chi connectivity index (χ4n) is 2.80. The quantitative estimate of drug-likeness (QED) is 0.816. The molecule has 8 heteroatoms. The van der Waals surface area contributed by atoms with Gasteiger partial charge in [0, 0.05) is 19.1 Å². The summed E-state index contributed by atoms with van der Waals surface area (Å²) in [7, 11) is 0. The molecule has 2 N–H and O–H groups in total. The van der Waals surface area contributed by atoms with Crippen molar-refractivity contribution < 1.29 is 27.9 Å². The highest BCUT2D eigenvalue weighted by atomic mass is 19.4. The number of nitrogens with zero attached hydrogens (tertiary/aromatic N) is 1. The number of hydrogen-bond acceptors (Lipinski definition) is 2. The highest BCUT2D eigenvalue weighted by Crippen LogP contribution is 2.45. The summed E-state index contributed by atoms with van der Waals surface area (Å²) in [6, 6.07) is -0.613. The number of alkyl halides is 3. The lowest BCUT2D eigenvalue weighted by atomic mass is 9.82. The molecule has 1 heterocycles. The number of nitrogens with one attached hydrogen (secondary N) is 1. The van der Waals surface area contributed by atoms with E-state index < -0.39 is 36.6 Å². The van der Waals surface area contributed by atoms with Crippen LogP contribution in [0.3, 0.4) is 0 Å². The average Bonchev–Trinajstić information content (AvgIpc) is 2.72. The van der Waals surface area contributed by atoms with Gasteiger partial charge in [-0.2, -0.15) is 13.2 Å². The molecule has 1 aliphatic carbocycles. The summed E-state index contributed by atoms with van der Waals surface area (Å²) in [6.07, 6.45) is -3.84. The Bertz CT molecular complexity index is 421. The molecular weight excluding hydrogens is 277 g/mol. The Morgan fingerprint density at radius 2 is 1.95 bits per heavy atom. The molecule has 1 aliphatic heterocycles. The fourth-order valence-corrected chi connectivity index (χ4v) is 2.80. The Hall–Kier alpha value is -1.47. The second kappa shape index (κ2) is 4.82. The van der Waals surface area contributed by atoms with Crippen LogP contribution in [0.5, 0.6) is 0 Å². The first kappa shape index (κ1) is 14.9. The van der Waals surface area contributed by atoms with E-state index in [2.05, 4.69) is 5.32 Å². The zero-order chi connectivity index (χ0) is 15.1. The number of hydrogen-bond donors (Lipinski definition) is 2. The second-order valence-electron chi connectivity index (χ2n) is 5.78. The number of likely N-dealkylation sites (tertiary alicyclic amines) is 1. The Morgan fingerprint density at radius 3 is 2.35 bits per heavy atom. The van der Waals surface area contributed by atoms with Crippen LogP contribution in [0.1, 0.15) is 26.2 Å². The van der Waals surface area contributed by atoms with Crippen LogP contribution >= 0.6 is 0 Å². The number of rotatable bonds is 2. The van der Waals surface area contributed by atoms with Crippen molar-refractivity contribution in [2.45, 2.75) is 38.4 Å². The Kier molecular flexibility index (Phi) is 3.60. The molecule has 0 aromatic carbocycles. The van der Waals surface area contributed by atoms with Gasteiger partial charge in [-0.3, -0.25) is 4.79 Å². The van der Waals surface area contributed by atoms with Crippen molar-refractivity contribution in [2.75, 3.05) is 13.1 Å². The maximum atomic E-state index is 13.0. The van der Waals surface area contributed by atoms with E-state index in [4.69, 9.17) is 5.11 Å². The number of carboxylic acids is 1. The predicted molar refractivity (Wildman–Crippen MR) is 63.0 cm³/mol. The van der Waals surface area contributed by atoms with Crippen molar-refractivity contribution in [3.05, 3.63) is 0 Å². The average molecular weight is 294 g/mol.